The van der Waals surface area contributed by atoms with Crippen LogP contribution in [0.2, 0.25) is 0 Å². The van der Waals surface area contributed by atoms with Crippen LogP contribution < -0.4 is 11.5 Å². The quantitative estimate of drug-likeness (QED) is 0.0107. The molecule has 5 aliphatic rings. The number of aromatic nitrogens is 7. The molecule has 1 aliphatic carbocycles. The van der Waals surface area contributed by atoms with E-state index in [1.165, 1.54) is 18.3 Å². The minimum Gasteiger partial charge on any atom is -0.460 e. The van der Waals surface area contributed by atoms with Crippen molar-refractivity contribution in [3.05, 3.63) is 95.4 Å². The number of nitrogens with two attached hydrogens (primary N) is 2. The minimum absolute atomic E-state index is 0.00611. The van der Waals surface area contributed by atoms with Gasteiger partial charge in [0, 0.05) is 108 Å². The first-order chi connectivity index (χ1) is 61.3. The van der Waals surface area contributed by atoms with Crippen molar-refractivity contribution >= 4 is 69.3 Å². The van der Waals surface area contributed by atoms with E-state index in [1.54, 1.807) is 62.9 Å². The van der Waals surface area contributed by atoms with Crippen LogP contribution in [-0.4, -0.2) is 296 Å². The Morgan fingerprint density at radius 1 is 0.701 bits per heavy atom. The Labute approximate surface area is 743 Å². The van der Waals surface area contributed by atoms with E-state index in [9.17, 15) is 44.1 Å². The number of Topliss-reactive ketones (excluding diaryl/α,β-unsaturated/α-hetero) is 2. The van der Waals surface area contributed by atoms with Crippen molar-refractivity contribution < 1.29 is 115 Å². The molecule has 3 fully saturated rings. The van der Waals surface area contributed by atoms with E-state index in [4.69, 9.17) is 92.3 Å². The second-order valence-corrected chi connectivity index (χ2v) is 34.0. The SMILES string of the molecule is CO[C@H]1C[C@@H]2CC[C@@H](C)[C@@](O)(O2)C(=O)C(=O)N2CCCC[C@H]2C(=O)O[C@H]([C@H](C)C[C@@H]2CC[C@@H](OC(=O)CCCOCCOCCOCCOCCOCCOCCOCCOCCC(=O)N3CCc4nc(Cn5nc(-c6ccc7oc(N)nc7c6)c6c(N)ncnc65)ncc4C3)[C@H](OC)C2)C[C@@H](O)[C@H](C)/C=C(\C)[C@@H](O)[C@@H](OC)C(=O)[C@H](C)C[C@H](C)/C=C/C=C/C=C/1C. The van der Waals surface area contributed by atoms with Crippen molar-refractivity contribution in [2.24, 2.45) is 35.5 Å². The van der Waals surface area contributed by atoms with Gasteiger partial charge in [-0.1, -0.05) is 71.1 Å². The molecular weight excluding hydrogens is 1640 g/mol. The van der Waals surface area contributed by atoms with Gasteiger partial charge in [-0.25, -0.2) is 29.4 Å². The number of cyclic esters (lactones) is 1. The molecule has 0 spiro atoms. The van der Waals surface area contributed by atoms with Gasteiger partial charge in [0.15, 0.2) is 17.0 Å². The van der Waals surface area contributed by atoms with Crippen LogP contribution in [0.1, 0.15) is 162 Å². The summed E-state index contributed by atoms with van der Waals surface area (Å²) in [5.41, 5.74) is 18.1. The maximum Gasteiger partial charge on any atom is 0.329 e. The van der Waals surface area contributed by atoms with Gasteiger partial charge < -0.3 is 107 Å². The number of nitrogens with zero attached hydrogens (tertiary/aromatic N) is 9. The number of amides is 2. The largest absolute Gasteiger partial charge is 0.460 e. The van der Waals surface area contributed by atoms with Crippen molar-refractivity contribution in [1.82, 2.24) is 44.5 Å². The summed E-state index contributed by atoms with van der Waals surface area (Å²) in [5.74, 6) is -7.42. The number of esters is 2. The maximum absolute atomic E-state index is 14.8. The van der Waals surface area contributed by atoms with Crippen LogP contribution in [0.5, 0.6) is 0 Å². The molecule has 10 rings (SSSR count). The van der Waals surface area contributed by atoms with E-state index in [-0.39, 0.29) is 92.6 Å². The number of methoxy groups -OCH3 is 3. The van der Waals surface area contributed by atoms with E-state index >= 15 is 0 Å². The number of piperidine rings is 1. The second kappa shape index (κ2) is 51.2. The standard InChI is InChI=1S/C92H135N11O24/c1-58-17-12-11-13-18-59(2)75(113-8)52-68-24-21-64(7)92(112,127-68)86(109)89(110)102-29-15-14-19-71(102)90(111)125-76(53-72(104)60(3)48-63(6)84(108)85(115-10)83(107)62(5)47-58)61(4)49-65-22-25-74(77(50-65)114-9)124-80(106)20-16-31-116-33-35-118-37-39-120-41-43-122-45-46-123-44-42-121-40-38-119-36-34-117-32-28-79(105)101-30-27-69-67(55-101)54-95-78(98-69)56-103-88-81(87(93)96-57-97-88)82(100-103)66-23-26-73-70(51-66)99-91(94)126-73/h11-13,17-18,23,26,48,51,54,57-58,60-62,64-65,68,71-72,74-77,84-85,104,108,112H,14-16,19-22,24-25,27-47,49-50,52-53,55-56H2,1-10H3,(H2,94,99)(H2,93,96,97)/b13-11+,17-12+,59-18+,63-48+/t58-,60-,61-,62-,64-,65+,68+,71+,72-,74-,75+,76+,77-,84-,85+,92-/m1/s1. The summed E-state index contributed by atoms with van der Waals surface area (Å²) in [4.78, 5) is 110. The number of ether oxygens (including phenoxy) is 14. The van der Waals surface area contributed by atoms with Gasteiger partial charge in [0.1, 0.15) is 66.2 Å². The third-order valence-corrected chi connectivity index (χ3v) is 24.5. The third kappa shape index (κ3) is 29.5. The highest BCUT2D eigenvalue weighted by Crippen LogP contribution is 2.40. The van der Waals surface area contributed by atoms with Crippen LogP contribution in [-0.2, 0) is 115 Å². The van der Waals surface area contributed by atoms with Gasteiger partial charge in [0.2, 0.25) is 11.7 Å². The van der Waals surface area contributed by atoms with Crippen LogP contribution in [0.3, 0.4) is 0 Å². The number of hydrogen-bond acceptors (Lipinski definition) is 32. The first-order valence-corrected chi connectivity index (χ1v) is 45.0. The van der Waals surface area contributed by atoms with Crippen molar-refractivity contribution in [1.29, 1.82) is 0 Å². The molecule has 1 aromatic carbocycles. The normalized spacial score (nSPS) is 27.6. The lowest BCUT2D eigenvalue weighted by atomic mass is 9.78. The summed E-state index contributed by atoms with van der Waals surface area (Å²) >= 11 is 0. The second-order valence-electron chi connectivity index (χ2n) is 34.0. The zero-order valence-electron chi connectivity index (χ0n) is 75.6. The predicted octanol–water partition coefficient (Wildman–Crippen LogP) is 8.36. The molecule has 2 amide bonds. The summed E-state index contributed by atoms with van der Waals surface area (Å²) in [6, 6.07) is 4.34. The summed E-state index contributed by atoms with van der Waals surface area (Å²) in [7, 11) is 4.54. The Morgan fingerprint density at radius 3 is 2.05 bits per heavy atom. The summed E-state index contributed by atoms with van der Waals surface area (Å²) in [5, 5.41) is 41.4. The molecule has 16 atom stereocenters. The van der Waals surface area contributed by atoms with E-state index in [0.29, 0.717) is 228 Å². The first-order valence-electron chi connectivity index (χ1n) is 45.0. The van der Waals surface area contributed by atoms with Gasteiger partial charge in [0.05, 0.1) is 141 Å². The van der Waals surface area contributed by atoms with Crippen LogP contribution in [0, 0.1) is 35.5 Å². The number of aliphatic hydroxyl groups excluding tert-OH is 2. The Bertz CT molecular complexity index is 4460. The number of benzene rings is 1. The third-order valence-electron chi connectivity index (χ3n) is 24.5. The van der Waals surface area contributed by atoms with E-state index in [2.05, 4.69) is 19.9 Å². The fourth-order valence-electron chi connectivity index (χ4n) is 17.1. The van der Waals surface area contributed by atoms with Crippen LogP contribution in [0.15, 0.2) is 82.7 Å². The average Bonchev–Trinajstić information content (AvgIpc) is 1.71. The summed E-state index contributed by atoms with van der Waals surface area (Å²) in [6.07, 6.45) is 14.4. The Kier molecular flexibility index (Phi) is 40.6. The van der Waals surface area contributed by atoms with Gasteiger partial charge in [-0.2, -0.15) is 10.1 Å². The topological polar surface area (TPSA) is 446 Å². The van der Waals surface area contributed by atoms with Crippen LogP contribution >= 0.6 is 0 Å². The fourth-order valence-corrected chi connectivity index (χ4v) is 17.1. The number of anilines is 2. The molecular formula is C92H135N11O24. The van der Waals surface area contributed by atoms with Crippen molar-refractivity contribution in [2.45, 2.75) is 225 Å². The Morgan fingerprint density at radius 2 is 1.38 bits per heavy atom. The minimum atomic E-state index is -2.47. The Hall–Kier alpha value is -8.50. The highest BCUT2D eigenvalue weighted by Gasteiger charge is 2.53. The number of hydrogen-bond donors (Lipinski definition) is 5. The number of aliphatic hydroxyl groups is 3. The molecule has 4 aromatic heterocycles. The number of oxazole rings is 1. The van der Waals surface area contributed by atoms with Crippen molar-refractivity contribution in [2.75, 3.05) is 152 Å². The molecule has 5 aromatic rings. The number of fused-ring (bicyclic) bond motifs is 6. The Balaban J connectivity index is 0.552. The first kappa shape index (κ1) is 101. The van der Waals surface area contributed by atoms with Crippen LogP contribution in [0.25, 0.3) is 33.4 Å². The summed E-state index contributed by atoms with van der Waals surface area (Å²) < 4.78 is 88.5. The lowest BCUT2D eigenvalue weighted by molar-refractivity contribution is -0.265. The predicted molar refractivity (Wildman–Crippen MR) is 468 cm³/mol. The number of nitrogen functional groups attached to an aromatic ring is 2. The maximum atomic E-state index is 14.8. The van der Waals surface area contributed by atoms with E-state index < -0.39 is 96.1 Å². The van der Waals surface area contributed by atoms with Gasteiger partial charge in [-0.3, -0.25) is 24.0 Å². The highest BCUT2D eigenvalue weighted by molar-refractivity contribution is 6.39. The summed E-state index contributed by atoms with van der Waals surface area (Å²) in [6.45, 7) is 20.0. The van der Waals surface area contributed by atoms with E-state index in [0.717, 1.165) is 22.4 Å². The molecule has 35 heteroatoms. The molecule has 8 heterocycles. The van der Waals surface area contributed by atoms with Gasteiger partial charge in [-0.15, -0.1) is 0 Å². The van der Waals surface area contributed by atoms with Gasteiger partial charge in [0.25, 0.3) is 17.7 Å². The van der Waals surface area contributed by atoms with Crippen molar-refractivity contribution in [3.8, 4) is 11.3 Å². The fraction of sp³-hybridized carbons (Fsp3) is 0.674. The zero-order chi connectivity index (χ0) is 90.9. The molecule has 35 nitrogen and oxygen atoms in total. The molecule has 2 saturated heterocycles. The molecule has 4 aliphatic heterocycles. The van der Waals surface area contributed by atoms with Gasteiger partial charge >= 0.3 is 11.9 Å². The number of allylic oxidation sites excluding steroid dienone is 5. The molecule has 1 saturated carbocycles. The molecule has 702 valence electrons. The van der Waals surface area contributed by atoms with Gasteiger partial charge in [-0.05, 0) is 132 Å². The molecule has 2 bridgehead atoms. The lowest BCUT2D eigenvalue weighted by Crippen LogP contribution is -2.61. The molecule has 7 N–H and O–H groups in total. The number of carbonyl (C=O) groups is 6. The molecule has 0 unspecified atom stereocenters. The number of carbonyl (C=O) groups excluding carboxylic acids is 6. The number of rotatable bonds is 38. The molecule has 127 heavy (non-hydrogen) atoms. The smallest absolute Gasteiger partial charge is 0.329 e. The highest BCUT2D eigenvalue weighted by atomic mass is 16.6. The molecule has 0 radical (unpaired) electrons. The van der Waals surface area contributed by atoms with Crippen molar-refractivity contribution in [3.63, 3.8) is 0 Å². The van der Waals surface area contributed by atoms with Crippen LogP contribution in [0.4, 0.5) is 11.8 Å². The zero-order valence-corrected chi connectivity index (χ0v) is 75.6. The van der Waals surface area contributed by atoms with E-state index in [1.807, 2.05) is 70.2 Å². The monoisotopic (exact) mass is 1780 g/mol. The average molecular weight is 1780 g/mol. The lowest BCUT2D eigenvalue weighted by Gasteiger charge is -2.43. The number of ketones is 2.